The molecule has 0 N–H and O–H groups in total. The van der Waals surface area contributed by atoms with E-state index >= 15 is 0 Å². The normalized spacial score (nSPS) is 11.7. The van der Waals surface area contributed by atoms with Crippen molar-refractivity contribution < 1.29 is 27.5 Å². The zero-order valence-corrected chi connectivity index (χ0v) is 13.5. The van der Waals surface area contributed by atoms with Gasteiger partial charge in [-0.1, -0.05) is 0 Å². The molecule has 7 heteroatoms. The highest BCUT2D eigenvalue weighted by Crippen LogP contribution is 2.11. The molecule has 0 bridgehead atoms. The van der Waals surface area contributed by atoms with Crippen LogP contribution in [0.4, 0.5) is 0 Å². The van der Waals surface area contributed by atoms with Crippen LogP contribution in [0.25, 0.3) is 0 Å². The molecule has 122 valence electrons. The molecule has 1 aromatic rings. The van der Waals surface area contributed by atoms with Gasteiger partial charge in [-0.15, -0.1) is 0 Å². The third kappa shape index (κ3) is 6.82. The number of carbonyl (C=O) groups excluding carboxylic acids is 2. The minimum Gasteiger partial charge on any atom is -0.466 e. The van der Waals surface area contributed by atoms with Gasteiger partial charge in [-0.3, -0.25) is 8.98 Å². The summed E-state index contributed by atoms with van der Waals surface area (Å²) in [5.41, 5.74) is 0.406. The van der Waals surface area contributed by atoms with Crippen LogP contribution in [-0.2, 0) is 29.5 Å². The maximum Gasteiger partial charge on any atom is 0.338 e. The Hall–Kier alpha value is -1.73. The fraction of sp³-hybridized carbons (Fsp3) is 0.467. The summed E-state index contributed by atoms with van der Waals surface area (Å²) < 4.78 is 26.7. The second-order valence-corrected chi connectivity index (χ2v) is 5.53. The van der Waals surface area contributed by atoms with Crippen molar-refractivity contribution in [3.8, 4) is 0 Å². The largest absolute Gasteiger partial charge is 0.466 e. The van der Waals surface area contributed by atoms with Crippen molar-refractivity contribution in [1.29, 1.82) is 0 Å². The lowest BCUT2D eigenvalue weighted by Gasteiger charge is -2.05. The van der Waals surface area contributed by atoms with Crippen LogP contribution >= 0.6 is 0 Å². The van der Waals surface area contributed by atoms with E-state index in [1.807, 2.05) is 0 Å². The van der Waals surface area contributed by atoms with E-state index in [0.29, 0.717) is 43.1 Å². The van der Waals surface area contributed by atoms with Gasteiger partial charge in [-0.05, 0) is 44.0 Å². The Morgan fingerprint density at radius 2 is 1.68 bits per heavy atom. The van der Waals surface area contributed by atoms with Crippen LogP contribution in [0.2, 0.25) is 0 Å². The molecule has 0 aliphatic rings. The van der Waals surface area contributed by atoms with Gasteiger partial charge in [0.15, 0.2) is 11.1 Å². The molecule has 0 amide bonds. The molecule has 6 nitrogen and oxygen atoms in total. The van der Waals surface area contributed by atoms with Gasteiger partial charge in [0.25, 0.3) is 0 Å². The molecule has 0 heterocycles. The number of hydrogen-bond donors (Lipinski definition) is 0. The summed E-state index contributed by atoms with van der Waals surface area (Å²) in [6.45, 7) is 4.03. The molecule has 1 atom stereocenters. The molecule has 0 saturated heterocycles. The topological polar surface area (TPSA) is 78.9 Å². The fourth-order valence-electron chi connectivity index (χ4n) is 1.54. The Morgan fingerprint density at radius 1 is 1.05 bits per heavy atom. The number of esters is 2. The number of benzene rings is 1. The Balaban J connectivity index is 2.33. The molecule has 0 radical (unpaired) electrons. The monoisotopic (exact) mass is 328 g/mol. The smallest absolute Gasteiger partial charge is 0.338 e. The van der Waals surface area contributed by atoms with Gasteiger partial charge >= 0.3 is 11.9 Å². The predicted molar refractivity (Wildman–Crippen MR) is 80.6 cm³/mol. The number of ether oxygens (including phenoxy) is 2. The molecule has 0 aromatic heterocycles. The molecule has 1 rings (SSSR count). The highest BCUT2D eigenvalue weighted by Gasteiger charge is 2.09. The zero-order valence-electron chi connectivity index (χ0n) is 12.7. The first-order valence-corrected chi connectivity index (χ1v) is 8.07. The molecular formula is C15H20O6S. The lowest BCUT2D eigenvalue weighted by molar-refractivity contribution is -0.141. The maximum atomic E-state index is 11.9. The van der Waals surface area contributed by atoms with Crippen LogP contribution in [0, 0.1) is 0 Å². The van der Waals surface area contributed by atoms with Crippen LogP contribution in [0.5, 0.6) is 0 Å². The minimum absolute atomic E-state index is 0.299. The highest BCUT2D eigenvalue weighted by atomic mass is 32.2. The zero-order chi connectivity index (χ0) is 16.4. The highest BCUT2D eigenvalue weighted by molar-refractivity contribution is 7.80. The van der Waals surface area contributed by atoms with Crippen LogP contribution in [0.15, 0.2) is 29.2 Å². The van der Waals surface area contributed by atoms with E-state index in [2.05, 4.69) is 0 Å². The van der Waals surface area contributed by atoms with Gasteiger partial charge in [-0.25, -0.2) is 9.00 Å². The summed E-state index contributed by atoms with van der Waals surface area (Å²) in [6.07, 6.45) is 1.29. The van der Waals surface area contributed by atoms with Gasteiger partial charge in [0.1, 0.15) is 0 Å². The summed E-state index contributed by atoms with van der Waals surface area (Å²) in [6, 6.07) is 6.24. The summed E-state index contributed by atoms with van der Waals surface area (Å²) >= 11 is -1.58. The number of unbranched alkanes of at least 4 members (excludes halogenated alkanes) is 1. The molecule has 1 unspecified atom stereocenters. The van der Waals surface area contributed by atoms with Gasteiger partial charge in [0.2, 0.25) is 0 Å². The van der Waals surface area contributed by atoms with E-state index in [0.717, 1.165) is 0 Å². The average Bonchev–Trinajstić information content (AvgIpc) is 2.50. The van der Waals surface area contributed by atoms with E-state index in [1.165, 1.54) is 6.92 Å². The molecule has 0 saturated carbocycles. The lowest BCUT2D eigenvalue weighted by atomic mass is 10.2. The van der Waals surface area contributed by atoms with Crippen LogP contribution in [0.1, 0.15) is 37.0 Å². The Bertz CT molecular complexity index is 511. The SMILES string of the molecule is CCOC(=O)c1ccc(S(=O)OCCCCOC(C)=O)cc1. The van der Waals surface area contributed by atoms with Crippen LogP contribution < -0.4 is 0 Å². The first-order chi connectivity index (χ1) is 10.5. The van der Waals surface area contributed by atoms with Crippen molar-refractivity contribution >= 4 is 23.0 Å². The quantitative estimate of drug-likeness (QED) is 0.511. The van der Waals surface area contributed by atoms with Crippen molar-refractivity contribution in [3.63, 3.8) is 0 Å². The Labute approximate surface area is 132 Å². The molecule has 0 fully saturated rings. The van der Waals surface area contributed by atoms with Crippen molar-refractivity contribution in [1.82, 2.24) is 0 Å². The van der Waals surface area contributed by atoms with Crippen molar-refractivity contribution in [2.45, 2.75) is 31.6 Å². The Morgan fingerprint density at radius 3 is 2.27 bits per heavy atom. The van der Waals surface area contributed by atoms with Crippen LogP contribution in [-0.4, -0.2) is 36.0 Å². The van der Waals surface area contributed by atoms with Crippen molar-refractivity contribution in [2.75, 3.05) is 19.8 Å². The molecule has 0 spiro atoms. The summed E-state index contributed by atoms with van der Waals surface area (Å²) in [5.74, 6) is -0.725. The molecule has 0 aliphatic carbocycles. The summed E-state index contributed by atoms with van der Waals surface area (Å²) in [5, 5.41) is 0. The third-order valence-corrected chi connectivity index (χ3v) is 3.63. The standard InChI is InChI=1S/C15H20O6S/c1-3-19-15(17)13-6-8-14(9-7-13)22(18)21-11-5-4-10-20-12(2)16/h6-9H,3-5,10-11H2,1-2H3. The van der Waals surface area contributed by atoms with E-state index in [-0.39, 0.29) is 5.97 Å². The second-order valence-electron chi connectivity index (χ2n) is 4.35. The van der Waals surface area contributed by atoms with E-state index < -0.39 is 17.0 Å². The Kier molecular flexibility index (Phi) is 8.39. The van der Waals surface area contributed by atoms with Crippen molar-refractivity contribution in [2.24, 2.45) is 0 Å². The van der Waals surface area contributed by atoms with Gasteiger partial charge in [0, 0.05) is 6.92 Å². The lowest BCUT2D eigenvalue weighted by Crippen LogP contribution is -2.06. The first kappa shape index (κ1) is 18.3. The fourth-order valence-corrected chi connectivity index (χ4v) is 2.30. The third-order valence-electron chi connectivity index (χ3n) is 2.59. The van der Waals surface area contributed by atoms with Crippen LogP contribution in [0.3, 0.4) is 0 Å². The minimum atomic E-state index is -1.58. The second kappa shape index (κ2) is 10.1. The number of carbonyl (C=O) groups is 2. The van der Waals surface area contributed by atoms with Gasteiger partial charge in [0.05, 0.1) is 30.3 Å². The number of hydrogen-bond acceptors (Lipinski definition) is 6. The van der Waals surface area contributed by atoms with E-state index in [9.17, 15) is 13.8 Å². The van der Waals surface area contributed by atoms with Crippen molar-refractivity contribution in [3.05, 3.63) is 29.8 Å². The van der Waals surface area contributed by atoms with E-state index in [1.54, 1.807) is 31.2 Å². The summed E-state index contributed by atoms with van der Waals surface area (Å²) in [7, 11) is 0. The predicted octanol–water partition coefficient (Wildman–Crippen LogP) is 2.25. The molecule has 1 aromatic carbocycles. The maximum absolute atomic E-state index is 11.9. The molecule has 22 heavy (non-hydrogen) atoms. The number of rotatable bonds is 9. The molecule has 0 aliphatic heterocycles. The average molecular weight is 328 g/mol. The first-order valence-electron chi connectivity index (χ1n) is 7.00. The van der Waals surface area contributed by atoms with E-state index in [4.69, 9.17) is 13.7 Å². The van der Waals surface area contributed by atoms with Gasteiger partial charge in [-0.2, -0.15) is 0 Å². The molecular weight excluding hydrogens is 308 g/mol. The van der Waals surface area contributed by atoms with Gasteiger partial charge < -0.3 is 9.47 Å². The summed E-state index contributed by atoms with van der Waals surface area (Å²) in [4.78, 5) is 22.5.